The maximum absolute atomic E-state index is 13.8. The van der Waals surface area contributed by atoms with Crippen LogP contribution < -0.4 is 5.32 Å². The monoisotopic (exact) mass is 566 g/mol. The fourth-order valence-electron chi connectivity index (χ4n) is 6.05. The normalized spacial score (nSPS) is 23.1. The lowest BCUT2D eigenvalue weighted by Crippen LogP contribution is -2.50. The Balaban J connectivity index is 1.06. The summed E-state index contributed by atoms with van der Waals surface area (Å²) in [5.41, 5.74) is 1.81. The average Bonchev–Trinajstić information content (AvgIpc) is 3.55. The van der Waals surface area contributed by atoms with Crippen LogP contribution >= 0.6 is 0 Å². The molecule has 1 aromatic heterocycles. The van der Waals surface area contributed by atoms with Crippen molar-refractivity contribution < 1.29 is 19.4 Å². The van der Waals surface area contributed by atoms with Crippen LogP contribution in [0.5, 0.6) is 0 Å². The first-order valence-electron chi connectivity index (χ1n) is 15.2. The predicted octanol–water partition coefficient (Wildman–Crippen LogP) is 2.89. The molecule has 2 N–H and O–H groups in total. The summed E-state index contributed by atoms with van der Waals surface area (Å²) in [5, 5.41) is 22.0. The van der Waals surface area contributed by atoms with Crippen LogP contribution in [0, 0.1) is 5.41 Å². The highest BCUT2D eigenvalue weighted by molar-refractivity contribution is 5.90. The summed E-state index contributed by atoms with van der Waals surface area (Å²) < 4.78 is 7.76. The second-order valence-corrected chi connectivity index (χ2v) is 13.0. The average molecular weight is 567 g/mol. The summed E-state index contributed by atoms with van der Waals surface area (Å²) in [6.45, 7) is 10.2. The van der Waals surface area contributed by atoms with Crippen molar-refractivity contribution in [2.75, 3.05) is 32.8 Å². The van der Waals surface area contributed by atoms with E-state index >= 15 is 0 Å². The van der Waals surface area contributed by atoms with Crippen molar-refractivity contribution in [1.82, 2.24) is 30.1 Å². The Kier molecular flexibility index (Phi) is 9.41. The number of piperidine rings is 1. The van der Waals surface area contributed by atoms with Gasteiger partial charge in [0.15, 0.2) is 0 Å². The number of carbonyl (C=O) groups excluding carboxylic acids is 2. The number of ether oxygens (including phenoxy) is 1. The first-order valence-corrected chi connectivity index (χ1v) is 15.2. The summed E-state index contributed by atoms with van der Waals surface area (Å²) in [7, 11) is 0. The zero-order valence-corrected chi connectivity index (χ0v) is 24.7. The first kappa shape index (κ1) is 29.7. The van der Waals surface area contributed by atoms with E-state index in [-0.39, 0.29) is 30.9 Å². The number of hydrogen-bond donors (Lipinski definition) is 2. The van der Waals surface area contributed by atoms with Gasteiger partial charge < -0.3 is 20.1 Å². The Morgan fingerprint density at radius 2 is 1.85 bits per heavy atom. The molecule has 3 heterocycles. The Labute approximate surface area is 243 Å². The molecule has 0 bridgehead atoms. The van der Waals surface area contributed by atoms with Gasteiger partial charge >= 0.3 is 0 Å². The van der Waals surface area contributed by atoms with E-state index in [2.05, 4.69) is 44.8 Å². The third kappa shape index (κ3) is 7.72. The maximum Gasteiger partial charge on any atom is 0.248 e. The molecule has 3 aliphatic rings. The number of β-amino-alcohol motifs (C(OH)–C–C–N with tert-alkyl or cyclic N) is 1. The third-order valence-corrected chi connectivity index (χ3v) is 8.46. The van der Waals surface area contributed by atoms with Gasteiger partial charge in [0.2, 0.25) is 11.8 Å². The lowest BCUT2D eigenvalue weighted by molar-refractivity contribution is -0.144. The summed E-state index contributed by atoms with van der Waals surface area (Å²) in [4.78, 5) is 31.0. The van der Waals surface area contributed by atoms with Crippen LogP contribution in [-0.2, 0) is 20.9 Å². The highest BCUT2D eigenvalue weighted by atomic mass is 16.5. The van der Waals surface area contributed by atoms with Gasteiger partial charge in [0.05, 0.1) is 17.9 Å². The SMILES string of the molecule is CC(C)(C)[C@@H](C(=O)N1C[C@H](O)C[C@H]1C(=O)NCCCOC1CCN(Cc2ccccc2)CC1)n1cc(C2CC2)nn1. The number of amides is 2. The topological polar surface area (TPSA) is 113 Å². The highest BCUT2D eigenvalue weighted by Gasteiger charge is 2.45. The zero-order chi connectivity index (χ0) is 29.0. The van der Waals surface area contributed by atoms with Crippen LogP contribution in [0.15, 0.2) is 36.5 Å². The molecule has 2 saturated heterocycles. The minimum atomic E-state index is -0.732. The molecule has 3 atom stereocenters. The molecule has 1 saturated carbocycles. The quantitative estimate of drug-likeness (QED) is 0.402. The van der Waals surface area contributed by atoms with Gasteiger partial charge in [-0.1, -0.05) is 56.3 Å². The number of aliphatic hydroxyl groups excluding tert-OH is 1. The number of likely N-dealkylation sites (tertiary alicyclic amines) is 2. The van der Waals surface area contributed by atoms with Gasteiger partial charge in [0.1, 0.15) is 12.1 Å². The predicted molar refractivity (Wildman–Crippen MR) is 155 cm³/mol. The van der Waals surface area contributed by atoms with Crippen molar-refractivity contribution in [2.24, 2.45) is 5.41 Å². The summed E-state index contributed by atoms with van der Waals surface area (Å²) in [6.07, 6.45) is 6.56. The number of carbonyl (C=O) groups is 2. The Morgan fingerprint density at radius 1 is 1.12 bits per heavy atom. The van der Waals surface area contributed by atoms with Gasteiger partial charge in [-0.15, -0.1) is 5.10 Å². The van der Waals surface area contributed by atoms with Gasteiger partial charge in [0, 0.05) is 57.9 Å². The number of aliphatic hydroxyl groups is 1. The second-order valence-electron chi connectivity index (χ2n) is 13.0. The van der Waals surface area contributed by atoms with Gasteiger partial charge in [-0.2, -0.15) is 0 Å². The molecule has 0 spiro atoms. The fraction of sp³-hybridized carbons (Fsp3) is 0.677. The van der Waals surface area contributed by atoms with E-state index in [0.717, 1.165) is 51.0 Å². The first-order chi connectivity index (χ1) is 19.7. The standard InChI is InChI=1S/C31H46N6O4/c1-31(2,3)28(37-21-26(33-34-37)23-10-11-23)30(40)36-20-24(38)18-27(36)29(39)32-14-7-17-41-25-12-15-35(16-13-25)19-22-8-5-4-6-9-22/h4-6,8-9,21,23-25,27-28,38H,7,10-20H2,1-3H3,(H,32,39)/t24-,27+,28-/m1/s1. The molecule has 2 aliphatic heterocycles. The van der Waals surface area contributed by atoms with E-state index in [9.17, 15) is 14.7 Å². The van der Waals surface area contributed by atoms with Gasteiger partial charge in [-0.25, -0.2) is 4.68 Å². The van der Waals surface area contributed by atoms with Crippen molar-refractivity contribution in [3.05, 3.63) is 47.8 Å². The second kappa shape index (κ2) is 13.0. The van der Waals surface area contributed by atoms with E-state index in [0.29, 0.717) is 25.5 Å². The molecule has 10 nitrogen and oxygen atoms in total. The van der Waals surface area contributed by atoms with E-state index in [1.807, 2.05) is 33.0 Å². The molecular weight excluding hydrogens is 520 g/mol. The van der Waals surface area contributed by atoms with Gasteiger partial charge in [-0.05, 0) is 43.1 Å². The van der Waals surface area contributed by atoms with Crippen molar-refractivity contribution in [2.45, 2.75) is 96.1 Å². The molecule has 2 aromatic rings. The van der Waals surface area contributed by atoms with Crippen LogP contribution in [0.1, 0.15) is 82.5 Å². The molecule has 0 radical (unpaired) electrons. The minimum Gasteiger partial charge on any atom is -0.391 e. The molecule has 41 heavy (non-hydrogen) atoms. The zero-order valence-electron chi connectivity index (χ0n) is 24.7. The van der Waals surface area contributed by atoms with E-state index in [1.54, 1.807) is 4.68 Å². The molecule has 224 valence electrons. The number of benzene rings is 1. The van der Waals surface area contributed by atoms with E-state index in [1.165, 1.54) is 10.5 Å². The Hall–Kier alpha value is -2.82. The largest absolute Gasteiger partial charge is 0.391 e. The number of rotatable bonds is 11. The van der Waals surface area contributed by atoms with Crippen LogP contribution in [0.25, 0.3) is 0 Å². The van der Waals surface area contributed by atoms with Crippen molar-refractivity contribution >= 4 is 11.8 Å². The van der Waals surface area contributed by atoms with Gasteiger partial charge in [0.25, 0.3) is 0 Å². The number of hydrogen-bond acceptors (Lipinski definition) is 7. The van der Waals surface area contributed by atoms with Crippen LogP contribution in [0.3, 0.4) is 0 Å². The van der Waals surface area contributed by atoms with Crippen molar-refractivity contribution in [3.8, 4) is 0 Å². The van der Waals surface area contributed by atoms with E-state index < -0.39 is 23.6 Å². The summed E-state index contributed by atoms with van der Waals surface area (Å²) in [6, 6.07) is 9.23. The Bertz CT molecular complexity index is 1150. The van der Waals surface area contributed by atoms with Crippen molar-refractivity contribution in [1.29, 1.82) is 0 Å². The van der Waals surface area contributed by atoms with Gasteiger partial charge in [-0.3, -0.25) is 14.5 Å². The molecule has 1 aliphatic carbocycles. The number of aromatic nitrogens is 3. The maximum atomic E-state index is 13.8. The Morgan fingerprint density at radius 3 is 2.54 bits per heavy atom. The molecule has 2 amide bonds. The number of nitrogens with one attached hydrogen (secondary N) is 1. The van der Waals surface area contributed by atoms with Crippen LogP contribution in [0.2, 0.25) is 0 Å². The molecule has 5 rings (SSSR count). The smallest absolute Gasteiger partial charge is 0.248 e. The highest BCUT2D eigenvalue weighted by Crippen LogP contribution is 2.40. The molecule has 0 unspecified atom stereocenters. The summed E-state index contributed by atoms with van der Waals surface area (Å²) >= 11 is 0. The van der Waals surface area contributed by atoms with E-state index in [4.69, 9.17) is 4.74 Å². The molecule has 1 aromatic carbocycles. The molecular formula is C31H46N6O4. The molecule has 10 heteroatoms. The summed E-state index contributed by atoms with van der Waals surface area (Å²) in [5.74, 6) is 0.000424. The number of nitrogens with zero attached hydrogens (tertiary/aromatic N) is 5. The third-order valence-electron chi connectivity index (χ3n) is 8.46. The minimum absolute atomic E-state index is 0.139. The lowest BCUT2D eigenvalue weighted by Gasteiger charge is -2.34. The van der Waals surface area contributed by atoms with Crippen LogP contribution in [-0.4, -0.2) is 92.8 Å². The van der Waals surface area contributed by atoms with Crippen molar-refractivity contribution in [3.63, 3.8) is 0 Å². The van der Waals surface area contributed by atoms with Crippen LogP contribution in [0.4, 0.5) is 0 Å². The lowest BCUT2D eigenvalue weighted by atomic mass is 9.85. The fourth-order valence-corrected chi connectivity index (χ4v) is 6.05. The molecule has 3 fully saturated rings.